The van der Waals surface area contributed by atoms with Crippen LogP contribution in [0, 0.1) is 6.92 Å². The van der Waals surface area contributed by atoms with Crippen molar-refractivity contribution in [1.82, 2.24) is 4.98 Å². The van der Waals surface area contributed by atoms with Crippen molar-refractivity contribution in [2.75, 3.05) is 5.32 Å². The SMILES string of the molecule is CCC(=O)c1ccc(NC(C)c2ncc(C)o2)cc1. The van der Waals surface area contributed by atoms with Gasteiger partial charge in [-0.25, -0.2) is 4.98 Å². The zero-order valence-electron chi connectivity index (χ0n) is 11.4. The van der Waals surface area contributed by atoms with Gasteiger partial charge < -0.3 is 9.73 Å². The fraction of sp³-hybridized carbons (Fsp3) is 0.333. The summed E-state index contributed by atoms with van der Waals surface area (Å²) in [5.74, 6) is 1.61. The molecular formula is C15H18N2O2. The van der Waals surface area contributed by atoms with Crippen LogP contribution in [0.25, 0.3) is 0 Å². The van der Waals surface area contributed by atoms with E-state index in [2.05, 4.69) is 10.3 Å². The van der Waals surface area contributed by atoms with E-state index in [9.17, 15) is 4.79 Å². The number of rotatable bonds is 5. The number of hydrogen-bond acceptors (Lipinski definition) is 4. The van der Waals surface area contributed by atoms with Crippen molar-refractivity contribution in [2.45, 2.75) is 33.2 Å². The zero-order valence-corrected chi connectivity index (χ0v) is 11.4. The number of hydrogen-bond donors (Lipinski definition) is 1. The van der Waals surface area contributed by atoms with Crippen molar-refractivity contribution in [3.8, 4) is 0 Å². The standard InChI is InChI=1S/C15H18N2O2/c1-4-14(18)12-5-7-13(8-6-12)17-11(3)15-16-9-10(2)19-15/h5-9,11,17H,4H2,1-3H3. The summed E-state index contributed by atoms with van der Waals surface area (Å²) in [4.78, 5) is 15.7. The van der Waals surface area contributed by atoms with Gasteiger partial charge in [-0.15, -0.1) is 0 Å². The lowest BCUT2D eigenvalue weighted by atomic mass is 10.1. The van der Waals surface area contributed by atoms with E-state index in [1.807, 2.05) is 45.0 Å². The number of oxazole rings is 1. The monoisotopic (exact) mass is 258 g/mol. The van der Waals surface area contributed by atoms with Crippen LogP contribution in [-0.2, 0) is 0 Å². The van der Waals surface area contributed by atoms with Gasteiger partial charge in [-0.05, 0) is 38.1 Å². The van der Waals surface area contributed by atoms with Crippen LogP contribution < -0.4 is 5.32 Å². The second-order valence-corrected chi connectivity index (χ2v) is 4.53. The Morgan fingerprint density at radius 1 is 1.37 bits per heavy atom. The number of nitrogens with one attached hydrogen (secondary N) is 1. The van der Waals surface area contributed by atoms with Crippen LogP contribution >= 0.6 is 0 Å². The third-order valence-electron chi connectivity index (χ3n) is 2.92. The van der Waals surface area contributed by atoms with Crippen molar-refractivity contribution >= 4 is 11.5 Å². The normalized spacial score (nSPS) is 12.2. The molecule has 0 bridgehead atoms. The zero-order chi connectivity index (χ0) is 13.8. The Balaban J connectivity index is 2.05. The Morgan fingerprint density at radius 3 is 2.58 bits per heavy atom. The summed E-state index contributed by atoms with van der Waals surface area (Å²) in [5, 5.41) is 3.29. The highest BCUT2D eigenvalue weighted by Gasteiger charge is 2.11. The molecule has 4 heteroatoms. The molecule has 0 saturated carbocycles. The van der Waals surface area contributed by atoms with Crippen LogP contribution in [0.15, 0.2) is 34.9 Å². The minimum atomic E-state index is -0.0126. The topological polar surface area (TPSA) is 55.1 Å². The first kappa shape index (κ1) is 13.3. The maximum atomic E-state index is 11.5. The molecule has 1 N–H and O–H groups in total. The van der Waals surface area contributed by atoms with Gasteiger partial charge in [0, 0.05) is 17.7 Å². The van der Waals surface area contributed by atoms with Gasteiger partial charge in [0.15, 0.2) is 5.78 Å². The number of ketones is 1. The van der Waals surface area contributed by atoms with Crippen LogP contribution in [0.4, 0.5) is 5.69 Å². The Bertz CT molecular complexity index is 558. The summed E-state index contributed by atoms with van der Waals surface area (Å²) < 4.78 is 5.47. The third-order valence-corrected chi connectivity index (χ3v) is 2.92. The van der Waals surface area contributed by atoms with Crippen LogP contribution in [0.5, 0.6) is 0 Å². The summed E-state index contributed by atoms with van der Waals surface area (Å²) in [6.45, 7) is 5.71. The maximum Gasteiger partial charge on any atom is 0.216 e. The summed E-state index contributed by atoms with van der Waals surface area (Å²) in [7, 11) is 0. The fourth-order valence-corrected chi connectivity index (χ4v) is 1.84. The smallest absolute Gasteiger partial charge is 0.216 e. The molecule has 0 aliphatic heterocycles. The summed E-state index contributed by atoms with van der Waals surface area (Å²) in [6.07, 6.45) is 2.23. The van der Waals surface area contributed by atoms with E-state index in [-0.39, 0.29) is 11.8 Å². The van der Waals surface area contributed by atoms with Crippen LogP contribution in [0.1, 0.15) is 48.3 Å². The molecule has 4 nitrogen and oxygen atoms in total. The van der Waals surface area contributed by atoms with Crippen molar-refractivity contribution < 1.29 is 9.21 Å². The maximum absolute atomic E-state index is 11.5. The van der Waals surface area contributed by atoms with Crippen molar-refractivity contribution in [2.24, 2.45) is 0 Å². The third kappa shape index (κ3) is 3.22. The predicted molar refractivity (Wildman–Crippen MR) is 74.3 cm³/mol. The van der Waals surface area contributed by atoms with Crippen molar-refractivity contribution in [1.29, 1.82) is 0 Å². The molecule has 0 aliphatic carbocycles. The lowest BCUT2D eigenvalue weighted by Gasteiger charge is -2.12. The number of nitrogens with zero attached hydrogens (tertiary/aromatic N) is 1. The van der Waals surface area contributed by atoms with Gasteiger partial charge in [0.25, 0.3) is 0 Å². The van der Waals surface area contributed by atoms with Gasteiger partial charge in [0.05, 0.1) is 6.20 Å². The van der Waals surface area contributed by atoms with Crippen molar-refractivity contribution in [3.05, 3.63) is 47.7 Å². The molecule has 1 aromatic carbocycles. The number of carbonyl (C=O) groups is 1. The molecule has 1 unspecified atom stereocenters. The molecule has 0 saturated heterocycles. The minimum Gasteiger partial charge on any atom is -0.444 e. The van der Waals surface area contributed by atoms with Crippen LogP contribution in [0.3, 0.4) is 0 Å². The molecular weight excluding hydrogens is 240 g/mol. The Labute approximate surface area is 112 Å². The first-order valence-corrected chi connectivity index (χ1v) is 6.42. The number of carbonyl (C=O) groups excluding carboxylic acids is 1. The lowest BCUT2D eigenvalue weighted by Crippen LogP contribution is -2.07. The molecule has 1 heterocycles. The number of aromatic nitrogens is 1. The van der Waals surface area contributed by atoms with E-state index in [1.165, 1.54) is 0 Å². The van der Waals surface area contributed by atoms with Gasteiger partial charge in [0.1, 0.15) is 11.8 Å². The van der Waals surface area contributed by atoms with E-state index >= 15 is 0 Å². The number of Topliss-reactive ketones (excluding diaryl/α,β-unsaturated/α-hetero) is 1. The molecule has 0 radical (unpaired) electrons. The van der Waals surface area contributed by atoms with Gasteiger partial charge in [-0.2, -0.15) is 0 Å². The van der Waals surface area contributed by atoms with Gasteiger partial charge in [0.2, 0.25) is 5.89 Å². The fourth-order valence-electron chi connectivity index (χ4n) is 1.84. The minimum absolute atomic E-state index is 0.0126. The molecule has 0 spiro atoms. The summed E-state index contributed by atoms with van der Waals surface area (Å²) >= 11 is 0. The molecule has 1 aromatic heterocycles. The van der Waals surface area contributed by atoms with E-state index in [0.29, 0.717) is 12.3 Å². The van der Waals surface area contributed by atoms with E-state index in [1.54, 1.807) is 6.20 Å². The predicted octanol–water partition coefficient (Wildman–Crippen LogP) is 3.75. The van der Waals surface area contributed by atoms with E-state index < -0.39 is 0 Å². The number of aryl methyl sites for hydroxylation is 1. The van der Waals surface area contributed by atoms with Crippen molar-refractivity contribution in [3.63, 3.8) is 0 Å². The highest BCUT2D eigenvalue weighted by molar-refractivity contribution is 5.96. The lowest BCUT2D eigenvalue weighted by molar-refractivity contribution is 0.0988. The molecule has 1 atom stereocenters. The second-order valence-electron chi connectivity index (χ2n) is 4.53. The Hall–Kier alpha value is -2.10. The molecule has 0 fully saturated rings. The van der Waals surface area contributed by atoms with Gasteiger partial charge >= 0.3 is 0 Å². The molecule has 0 aliphatic rings. The molecule has 100 valence electrons. The Morgan fingerprint density at radius 2 is 2.05 bits per heavy atom. The van der Waals surface area contributed by atoms with E-state index in [0.717, 1.165) is 17.0 Å². The molecule has 2 aromatic rings. The van der Waals surface area contributed by atoms with Gasteiger partial charge in [-0.1, -0.05) is 6.92 Å². The Kier molecular flexibility index (Phi) is 4.00. The van der Waals surface area contributed by atoms with Gasteiger partial charge in [-0.3, -0.25) is 4.79 Å². The quantitative estimate of drug-likeness (QED) is 0.830. The van der Waals surface area contributed by atoms with Crippen LogP contribution in [-0.4, -0.2) is 10.8 Å². The highest BCUT2D eigenvalue weighted by Crippen LogP contribution is 2.19. The first-order chi connectivity index (χ1) is 9.10. The largest absolute Gasteiger partial charge is 0.444 e. The molecule has 0 amide bonds. The molecule has 2 rings (SSSR count). The second kappa shape index (κ2) is 5.69. The average molecular weight is 258 g/mol. The number of anilines is 1. The van der Waals surface area contributed by atoms with Crippen LogP contribution in [0.2, 0.25) is 0 Å². The number of benzene rings is 1. The van der Waals surface area contributed by atoms with E-state index in [4.69, 9.17) is 4.42 Å². The highest BCUT2D eigenvalue weighted by atomic mass is 16.4. The average Bonchev–Trinajstić information content (AvgIpc) is 2.85. The summed E-state index contributed by atoms with van der Waals surface area (Å²) in [5.41, 5.74) is 1.68. The molecule has 19 heavy (non-hydrogen) atoms. The first-order valence-electron chi connectivity index (χ1n) is 6.42. The summed E-state index contributed by atoms with van der Waals surface area (Å²) in [6, 6.07) is 7.45.